The highest BCUT2D eigenvalue weighted by molar-refractivity contribution is 9.09. The van der Waals surface area contributed by atoms with Crippen molar-refractivity contribution in [2.24, 2.45) is 5.92 Å². The highest BCUT2D eigenvalue weighted by atomic mass is 79.9. The van der Waals surface area contributed by atoms with Crippen LogP contribution in [0, 0.1) is 5.92 Å². The van der Waals surface area contributed by atoms with Crippen LogP contribution in [0.1, 0.15) is 13.8 Å². The molecule has 1 nitrogen and oxygen atoms in total. The van der Waals surface area contributed by atoms with Gasteiger partial charge in [-0.3, -0.25) is 0 Å². The van der Waals surface area contributed by atoms with E-state index < -0.39 is 0 Å². The first kappa shape index (κ1) is 9.44. The lowest BCUT2D eigenvalue weighted by atomic mass is 10.2. The van der Waals surface area contributed by atoms with E-state index in [-0.39, 0.29) is 0 Å². The van der Waals surface area contributed by atoms with Crippen LogP contribution in [0.15, 0.2) is 0 Å². The summed E-state index contributed by atoms with van der Waals surface area (Å²) >= 11 is 3.45. The molecule has 0 aromatic rings. The Morgan fingerprint density at radius 1 is 1.56 bits per heavy atom. The molecule has 0 heterocycles. The van der Waals surface area contributed by atoms with Crippen molar-refractivity contribution >= 4 is 15.9 Å². The Kier molecular flexibility index (Phi) is 5.50. The molecule has 0 bridgehead atoms. The van der Waals surface area contributed by atoms with Crippen molar-refractivity contribution in [1.29, 1.82) is 0 Å². The smallest absolute Gasteiger partial charge is 0.00692 e. The van der Waals surface area contributed by atoms with Crippen LogP contribution in [0.5, 0.6) is 0 Å². The number of alkyl halides is 1. The molecule has 0 spiro atoms. The molecule has 0 rings (SSSR count). The maximum absolute atomic E-state index is 3.45. The van der Waals surface area contributed by atoms with Gasteiger partial charge in [0.2, 0.25) is 0 Å². The van der Waals surface area contributed by atoms with Gasteiger partial charge in [-0.05, 0) is 19.5 Å². The average Bonchev–Trinajstić information content (AvgIpc) is 1.87. The molecule has 1 unspecified atom stereocenters. The van der Waals surface area contributed by atoms with Crippen molar-refractivity contribution in [3.63, 3.8) is 0 Å². The van der Waals surface area contributed by atoms with Crippen LogP contribution in [0.25, 0.3) is 0 Å². The van der Waals surface area contributed by atoms with Crippen LogP contribution in [0.3, 0.4) is 0 Å². The summed E-state index contributed by atoms with van der Waals surface area (Å²) in [4.78, 5) is 2.33. The Balaban J connectivity index is 3.22. The third-order valence-electron chi connectivity index (χ3n) is 1.43. The monoisotopic (exact) mass is 193 g/mol. The highest BCUT2D eigenvalue weighted by Gasteiger charge is 2.01. The van der Waals surface area contributed by atoms with E-state index in [2.05, 4.69) is 41.7 Å². The molecule has 0 aliphatic carbocycles. The Labute approximate surface area is 66.6 Å². The van der Waals surface area contributed by atoms with E-state index in [4.69, 9.17) is 0 Å². The summed E-state index contributed by atoms with van der Waals surface area (Å²) in [6, 6.07) is 0. The third kappa shape index (κ3) is 4.91. The molecule has 1 atom stereocenters. The molecular formula is C7H16BrN. The van der Waals surface area contributed by atoms with Gasteiger partial charge in [0.1, 0.15) is 0 Å². The lowest BCUT2D eigenvalue weighted by Gasteiger charge is -2.17. The summed E-state index contributed by atoms with van der Waals surface area (Å²) in [6.45, 7) is 6.78. The van der Waals surface area contributed by atoms with Gasteiger partial charge in [-0.15, -0.1) is 0 Å². The van der Waals surface area contributed by atoms with Crippen LogP contribution < -0.4 is 0 Å². The zero-order valence-corrected chi connectivity index (χ0v) is 8.11. The van der Waals surface area contributed by atoms with E-state index in [1.165, 1.54) is 6.54 Å². The maximum atomic E-state index is 3.45. The predicted molar refractivity (Wildman–Crippen MR) is 46.1 cm³/mol. The summed E-state index contributed by atoms with van der Waals surface area (Å²) in [6.07, 6.45) is 0. The highest BCUT2D eigenvalue weighted by Crippen LogP contribution is 2.00. The van der Waals surface area contributed by atoms with E-state index in [0.717, 1.165) is 17.8 Å². The maximum Gasteiger partial charge on any atom is 0.00692 e. The van der Waals surface area contributed by atoms with E-state index in [1.807, 2.05) is 0 Å². The van der Waals surface area contributed by atoms with Crippen LogP contribution in [0.4, 0.5) is 0 Å². The fourth-order valence-corrected chi connectivity index (χ4v) is 0.915. The minimum Gasteiger partial charge on any atom is -0.306 e. The fourth-order valence-electron chi connectivity index (χ4n) is 0.710. The Morgan fingerprint density at radius 2 is 2.11 bits per heavy atom. The largest absolute Gasteiger partial charge is 0.306 e. The molecule has 0 aliphatic heterocycles. The summed E-state index contributed by atoms with van der Waals surface area (Å²) in [5.41, 5.74) is 0. The number of nitrogens with zero attached hydrogens (tertiary/aromatic N) is 1. The molecule has 0 aliphatic rings. The fraction of sp³-hybridized carbons (Fsp3) is 1.00. The van der Waals surface area contributed by atoms with Crippen molar-refractivity contribution in [3.05, 3.63) is 0 Å². The van der Waals surface area contributed by atoms with Gasteiger partial charge >= 0.3 is 0 Å². The van der Waals surface area contributed by atoms with Crippen molar-refractivity contribution in [1.82, 2.24) is 4.90 Å². The first-order valence-corrected chi connectivity index (χ1v) is 4.57. The zero-order chi connectivity index (χ0) is 7.28. The minimum absolute atomic E-state index is 0.773. The minimum atomic E-state index is 0.773. The van der Waals surface area contributed by atoms with E-state index >= 15 is 0 Å². The molecule has 0 radical (unpaired) electrons. The van der Waals surface area contributed by atoms with Gasteiger partial charge in [0.15, 0.2) is 0 Å². The number of rotatable bonds is 4. The summed E-state index contributed by atoms with van der Waals surface area (Å²) in [5.74, 6) is 0.773. The molecule has 9 heavy (non-hydrogen) atoms. The van der Waals surface area contributed by atoms with E-state index in [1.54, 1.807) is 0 Å². The Morgan fingerprint density at radius 3 is 2.44 bits per heavy atom. The zero-order valence-electron chi connectivity index (χ0n) is 6.52. The lowest BCUT2D eigenvalue weighted by Crippen LogP contribution is -2.24. The quantitative estimate of drug-likeness (QED) is 0.618. The Hall–Kier alpha value is 0.440. The lowest BCUT2D eigenvalue weighted by molar-refractivity contribution is 0.313. The number of hydrogen-bond donors (Lipinski definition) is 0. The predicted octanol–water partition coefficient (Wildman–Crippen LogP) is 1.97. The van der Waals surface area contributed by atoms with Gasteiger partial charge in [0.25, 0.3) is 0 Å². The molecule has 0 amide bonds. The van der Waals surface area contributed by atoms with Gasteiger partial charge in [0.05, 0.1) is 0 Å². The van der Waals surface area contributed by atoms with Crippen LogP contribution >= 0.6 is 15.9 Å². The van der Waals surface area contributed by atoms with Crippen molar-refractivity contribution < 1.29 is 0 Å². The third-order valence-corrected chi connectivity index (χ3v) is 2.53. The van der Waals surface area contributed by atoms with Gasteiger partial charge in [-0.2, -0.15) is 0 Å². The van der Waals surface area contributed by atoms with Gasteiger partial charge in [-0.1, -0.05) is 29.8 Å². The molecule has 0 aromatic heterocycles. The van der Waals surface area contributed by atoms with E-state index in [0.29, 0.717) is 0 Å². The van der Waals surface area contributed by atoms with Gasteiger partial charge in [0, 0.05) is 11.9 Å². The molecule has 56 valence electrons. The second-order valence-electron chi connectivity index (χ2n) is 2.61. The van der Waals surface area contributed by atoms with Crippen molar-refractivity contribution in [3.8, 4) is 0 Å². The van der Waals surface area contributed by atoms with Crippen LogP contribution in [-0.2, 0) is 0 Å². The normalized spacial score (nSPS) is 14.3. The first-order valence-electron chi connectivity index (χ1n) is 3.45. The molecule has 0 fully saturated rings. The molecule has 0 saturated carbocycles. The molecular weight excluding hydrogens is 178 g/mol. The van der Waals surface area contributed by atoms with Gasteiger partial charge in [-0.25, -0.2) is 0 Å². The number of halogens is 1. The van der Waals surface area contributed by atoms with Gasteiger partial charge < -0.3 is 4.90 Å². The molecule has 2 heteroatoms. The second kappa shape index (κ2) is 5.24. The summed E-state index contributed by atoms with van der Waals surface area (Å²) in [7, 11) is 2.15. The standard InChI is InChI=1S/C7H16BrN/c1-4-9(3)6-7(2)5-8/h7H,4-6H2,1-3H3. The molecule has 0 saturated heterocycles. The first-order chi connectivity index (χ1) is 4.20. The SMILES string of the molecule is CCN(C)CC(C)CBr. The molecule has 0 N–H and O–H groups in total. The topological polar surface area (TPSA) is 3.24 Å². The Bertz CT molecular complexity index is 57.9. The van der Waals surface area contributed by atoms with Crippen LogP contribution in [-0.4, -0.2) is 30.4 Å². The van der Waals surface area contributed by atoms with Crippen molar-refractivity contribution in [2.75, 3.05) is 25.5 Å². The number of hydrogen-bond acceptors (Lipinski definition) is 1. The average molecular weight is 194 g/mol. The van der Waals surface area contributed by atoms with Crippen LogP contribution in [0.2, 0.25) is 0 Å². The summed E-state index contributed by atoms with van der Waals surface area (Å²) < 4.78 is 0. The van der Waals surface area contributed by atoms with E-state index in [9.17, 15) is 0 Å². The van der Waals surface area contributed by atoms with Crippen molar-refractivity contribution in [2.45, 2.75) is 13.8 Å². The second-order valence-corrected chi connectivity index (χ2v) is 3.26. The molecule has 0 aromatic carbocycles. The summed E-state index contributed by atoms with van der Waals surface area (Å²) in [5, 5.41) is 1.11.